The van der Waals surface area contributed by atoms with E-state index in [0.29, 0.717) is 16.4 Å². The SMILES string of the molecule is CC(Sc1ccccc1Cl)C(=O)Nc1ccccc1NC(=O)N1CCCC1. The van der Waals surface area contributed by atoms with Gasteiger partial charge in [-0.3, -0.25) is 4.79 Å². The van der Waals surface area contributed by atoms with Gasteiger partial charge in [0, 0.05) is 18.0 Å². The van der Waals surface area contributed by atoms with Gasteiger partial charge in [0.25, 0.3) is 0 Å². The Morgan fingerprint density at radius 2 is 1.59 bits per heavy atom. The molecule has 1 aliphatic rings. The van der Waals surface area contributed by atoms with E-state index in [1.165, 1.54) is 11.8 Å². The average molecular weight is 404 g/mol. The first-order valence-corrected chi connectivity index (χ1v) is 10.2. The number of para-hydroxylation sites is 2. The summed E-state index contributed by atoms with van der Waals surface area (Å²) in [6.07, 6.45) is 2.06. The number of hydrogen-bond donors (Lipinski definition) is 2. The van der Waals surface area contributed by atoms with Crippen molar-refractivity contribution in [2.75, 3.05) is 23.7 Å². The number of nitrogens with zero attached hydrogens (tertiary/aromatic N) is 1. The predicted octanol–water partition coefficient (Wildman–Crippen LogP) is 5.09. The Balaban J connectivity index is 1.65. The first kappa shape index (κ1) is 19.6. The van der Waals surface area contributed by atoms with Gasteiger partial charge in [0.15, 0.2) is 0 Å². The number of carbonyl (C=O) groups is 2. The minimum absolute atomic E-state index is 0.132. The number of urea groups is 1. The Morgan fingerprint density at radius 1 is 1.00 bits per heavy atom. The Bertz CT molecular complexity index is 824. The molecule has 142 valence electrons. The number of benzene rings is 2. The molecule has 5 nitrogen and oxygen atoms in total. The number of halogens is 1. The Labute approximate surface area is 168 Å². The summed E-state index contributed by atoms with van der Waals surface area (Å²) in [4.78, 5) is 27.6. The monoisotopic (exact) mass is 403 g/mol. The predicted molar refractivity (Wildman–Crippen MR) is 112 cm³/mol. The smallest absolute Gasteiger partial charge is 0.321 e. The van der Waals surface area contributed by atoms with E-state index in [4.69, 9.17) is 11.6 Å². The van der Waals surface area contributed by atoms with Crippen molar-refractivity contribution >= 4 is 46.7 Å². The van der Waals surface area contributed by atoms with E-state index in [1.54, 1.807) is 23.1 Å². The average Bonchev–Trinajstić information content (AvgIpc) is 3.20. The number of thioether (sulfide) groups is 1. The molecule has 2 aromatic carbocycles. The van der Waals surface area contributed by atoms with E-state index in [2.05, 4.69) is 10.6 Å². The molecule has 1 saturated heterocycles. The Kier molecular flexibility index (Phi) is 6.63. The van der Waals surface area contributed by atoms with Crippen molar-refractivity contribution in [1.82, 2.24) is 4.90 Å². The van der Waals surface area contributed by atoms with Crippen LogP contribution in [0.3, 0.4) is 0 Å². The van der Waals surface area contributed by atoms with Crippen LogP contribution in [-0.4, -0.2) is 35.2 Å². The van der Waals surface area contributed by atoms with Crippen molar-refractivity contribution in [2.24, 2.45) is 0 Å². The summed E-state index contributed by atoms with van der Waals surface area (Å²) in [7, 11) is 0. The first-order chi connectivity index (χ1) is 13.0. The van der Waals surface area contributed by atoms with Crippen molar-refractivity contribution in [3.8, 4) is 0 Å². The number of hydrogen-bond acceptors (Lipinski definition) is 3. The van der Waals surface area contributed by atoms with E-state index in [9.17, 15) is 9.59 Å². The van der Waals surface area contributed by atoms with Crippen LogP contribution in [0.1, 0.15) is 19.8 Å². The molecule has 0 radical (unpaired) electrons. The molecule has 1 unspecified atom stereocenters. The highest BCUT2D eigenvalue weighted by Crippen LogP contribution is 2.31. The van der Waals surface area contributed by atoms with Crippen LogP contribution in [-0.2, 0) is 4.79 Å². The lowest BCUT2D eigenvalue weighted by atomic mass is 10.2. The summed E-state index contributed by atoms with van der Waals surface area (Å²) in [5.41, 5.74) is 1.18. The molecule has 7 heteroatoms. The minimum Gasteiger partial charge on any atom is -0.325 e. The number of rotatable bonds is 5. The highest BCUT2D eigenvalue weighted by Gasteiger charge is 2.20. The fraction of sp³-hybridized carbons (Fsp3) is 0.300. The zero-order valence-electron chi connectivity index (χ0n) is 15.1. The highest BCUT2D eigenvalue weighted by atomic mass is 35.5. The molecule has 1 fully saturated rings. The molecule has 1 aliphatic heterocycles. The third-order valence-corrected chi connectivity index (χ3v) is 5.95. The van der Waals surface area contributed by atoms with Crippen molar-refractivity contribution < 1.29 is 9.59 Å². The minimum atomic E-state index is -0.341. The molecule has 1 heterocycles. The third kappa shape index (κ3) is 5.17. The Morgan fingerprint density at radius 3 is 2.26 bits per heavy atom. The molecule has 27 heavy (non-hydrogen) atoms. The summed E-state index contributed by atoms with van der Waals surface area (Å²) in [5.74, 6) is -0.150. The number of amides is 3. The maximum absolute atomic E-state index is 12.6. The number of anilines is 2. The van der Waals surface area contributed by atoms with E-state index in [-0.39, 0.29) is 17.2 Å². The van der Waals surface area contributed by atoms with Crippen LogP contribution in [0.2, 0.25) is 5.02 Å². The van der Waals surface area contributed by atoms with Gasteiger partial charge < -0.3 is 15.5 Å². The largest absolute Gasteiger partial charge is 0.325 e. The standard InChI is InChI=1S/C20H22ClN3O2S/c1-14(27-18-11-5-2-8-15(18)21)19(25)22-16-9-3-4-10-17(16)23-20(26)24-12-6-7-13-24/h2-5,8-11,14H,6-7,12-13H2,1H3,(H,22,25)(H,23,26). The first-order valence-electron chi connectivity index (χ1n) is 8.91. The van der Waals surface area contributed by atoms with Gasteiger partial charge in [0.05, 0.1) is 21.6 Å². The van der Waals surface area contributed by atoms with Gasteiger partial charge in [-0.1, -0.05) is 35.9 Å². The van der Waals surface area contributed by atoms with Crippen LogP contribution in [0.25, 0.3) is 0 Å². The summed E-state index contributed by atoms with van der Waals surface area (Å²) in [5, 5.41) is 6.09. The topological polar surface area (TPSA) is 61.4 Å². The second kappa shape index (κ2) is 9.15. The zero-order valence-corrected chi connectivity index (χ0v) is 16.6. The molecule has 0 saturated carbocycles. The molecule has 0 bridgehead atoms. The normalized spacial score (nSPS) is 14.7. The molecule has 2 aromatic rings. The quantitative estimate of drug-likeness (QED) is 0.684. The number of carbonyl (C=O) groups excluding carboxylic acids is 2. The third-order valence-electron chi connectivity index (χ3n) is 4.33. The highest BCUT2D eigenvalue weighted by molar-refractivity contribution is 8.00. The maximum Gasteiger partial charge on any atom is 0.321 e. The van der Waals surface area contributed by atoms with Gasteiger partial charge in [-0.15, -0.1) is 11.8 Å². The van der Waals surface area contributed by atoms with Crippen LogP contribution in [0.15, 0.2) is 53.4 Å². The van der Waals surface area contributed by atoms with Crippen LogP contribution in [0.5, 0.6) is 0 Å². The molecule has 3 amide bonds. The van der Waals surface area contributed by atoms with Crippen LogP contribution >= 0.6 is 23.4 Å². The Hall–Kier alpha value is -2.18. The molecular formula is C20H22ClN3O2S. The molecule has 0 aliphatic carbocycles. The van der Waals surface area contributed by atoms with Crippen molar-refractivity contribution in [3.05, 3.63) is 53.6 Å². The second-order valence-corrected chi connectivity index (χ2v) is 8.14. The van der Waals surface area contributed by atoms with E-state index < -0.39 is 0 Å². The molecule has 0 spiro atoms. The summed E-state index contributed by atoms with van der Waals surface area (Å²) in [6, 6.07) is 14.5. The number of nitrogens with one attached hydrogen (secondary N) is 2. The van der Waals surface area contributed by atoms with Crippen LogP contribution in [0.4, 0.5) is 16.2 Å². The molecule has 1 atom stereocenters. The van der Waals surface area contributed by atoms with Gasteiger partial charge in [-0.2, -0.15) is 0 Å². The lowest BCUT2D eigenvalue weighted by Crippen LogP contribution is -2.32. The maximum atomic E-state index is 12.6. The van der Waals surface area contributed by atoms with Gasteiger partial charge >= 0.3 is 6.03 Å². The van der Waals surface area contributed by atoms with E-state index in [1.807, 2.05) is 37.3 Å². The second-order valence-electron chi connectivity index (χ2n) is 6.35. The number of likely N-dealkylation sites (tertiary alicyclic amines) is 1. The summed E-state index contributed by atoms with van der Waals surface area (Å²) in [6.45, 7) is 3.37. The van der Waals surface area contributed by atoms with Gasteiger partial charge in [-0.25, -0.2) is 4.79 Å². The van der Waals surface area contributed by atoms with Gasteiger partial charge in [0.2, 0.25) is 5.91 Å². The van der Waals surface area contributed by atoms with Crippen molar-refractivity contribution in [3.63, 3.8) is 0 Å². The molecular weight excluding hydrogens is 382 g/mol. The van der Waals surface area contributed by atoms with Crippen LogP contribution in [0, 0.1) is 0 Å². The molecule has 0 aromatic heterocycles. The van der Waals surface area contributed by atoms with Gasteiger partial charge in [0.1, 0.15) is 0 Å². The summed E-state index contributed by atoms with van der Waals surface area (Å²) >= 11 is 7.57. The zero-order chi connectivity index (χ0) is 19.2. The lowest BCUT2D eigenvalue weighted by Gasteiger charge is -2.19. The summed E-state index contributed by atoms with van der Waals surface area (Å²) < 4.78 is 0. The molecule has 3 rings (SSSR count). The van der Waals surface area contributed by atoms with Crippen molar-refractivity contribution in [1.29, 1.82) is 0 Å². The van der Waals surface area contributed by atoms with E-state index >= 15 is 0 Å². The van der Waals surface area contributed by atoms with Crippen molar-refractivity contribution in [2.45, 2.75) is 29.9 Å². The fourth-order valence-corrected chi connectivity index (χ4v) is 3.99. The lowest BCUT2D eigenvalue weighted by molar-refractivity contribution is -0.115. The fourth-order valence-electron chi connectivity index (χ4n) is 2.83. The van der Waals surface area contributed by atoms with Crippen LogP contribution < -0.4 is 10.6 Å². The van der Waals surface area contributed by atoms with Gasteiger partial charge in [-0.05, 0) is 44.0 Å². The van der Waals surface area contributed by atoms with E-state index in [0.717, 1.165) is 30.8 Å². The molecule has 2 N–H and O–H groups in total.